The number of carbonyl (C=O) groups excluding carboxylic acids is 1. The molecule has 0 bridgehead atoms. The molecule has 0 atom stereocenters. The predicted molar refractivity (Wildman–Crippen MR) is 137 cm³/mol. The van der Waals surface area contributed by atoms with Crippen molar-refractivity contribution in [2.45, 2.75) is 32.5 Å². The second-order valence-electron chi connectivity index (χ2n) is 8.83. The van der Waals surface area contributed by atoms with Gasteiger partial charge in [0.1, 0.15) is 5.75 Å². The Morgan fingerprint density at radius 3 is 2.14 bits per heavy atom. The zero-order chi connectivity index (χ0) is 27.2. The number of hydrogen-bond acceptors (Lipinski definition) is 4. The zero-order valence-corrected chi connectivity index (χ0v) is 20.9. The Kier molecular flexibility index (Phi) is 8.81. The molecule has 3 rings (SSSR count). The summed E-state index contributed by atoms with van der Waals surface area (Å²) in [6.07, 6.45) is -2.66. The summed E-state index contributed by atoms with van der Waals surface area (Å²) in [5.74, 6) is -2.95. The Morgan fingerprint density at radius 2 is 1.57 bits per heavy atom. The van der Waals surface area contributed by atoms with Crippen LogP contribution in [0.25, 0.3) is 11.1 Å². The van der Waals surface area contributed by atoms with E-state index in [2.05, 4.69) is 4.74 Å². The van der Waals surface area contributed by atoms with E-state index in [9.17, 15) is 27.9 Å². The molecule has 37 heavy (non-hydrogen) atoms. The monoisotopic (exact) mass is 514 g/mol. The van der Waals surface area contributed by atoms with Gasteiger partial charge in [0.05, 0.1) is 0 Å². The maximum Gasteiger partial charge on any atom is 0.573 e. The van der Waals surface area contributed by atoms with Gasteiger partial charge in [0, 0.05) is 37.6 Å². The molecule has 0 aliphatic rings. The number of halogens is 3. The number of anilines is 2. The molecule has 0 aromatic heterocycles. The first-order valence-electron chi connectivity index (χ1n) is 11.7. The van der Waals surface area contributed by atoms with E-state index in [-0.39, 0.29) is 12.3 Å². The van der Waals surface area contributed by atoms with Gasteiger partial charge in [-0.3, -0.25) is 4.79 Å². The van der Waals surface area contributed by atoms with Crippen molar-refractivity contribution in [3.63, 3.8) is 0 Å². The highest BCUT2D eigenvalue weighted by Gasteiger charge is 2.31. The minimum absolute atomic E-state index is 0.206. The van der Waals surface area contributed by atoms with E-state index in [1.807, 2.05) is 55.4 Å². The van der Waals surface area contributed by atoms with Gasteiger partial charge in [0.15, 0.2) is 0 Å². The average molecular weight is 515 g/mol. The summed E-state index contributed by atoms with van der Waals surface area (Å²) >= 11 is 0. The van der Waals surface area contributed by atoms with Gasteiger partial charge in [0.2, 0.25) is 0 Å². The maximum atomic E-state index is 12.7. The van der Waals surface area contributed by atoms with Crippen molar-refractivity contribution in [3.05, 3.63) is 77.9 Å². The standard InChI is InChI=1S/C28H29F3N2O4/c1-19-17-25(32(2)3)23(21-12-14-22(15-13-21)37-28(29,30)31)18-24(19)33(26(34)27(35)36)16-8-7-11-20-9-5-4-6-10-20/h4-6,9-10,12-15,17-18H,7-8,11,16H2,1-3H3,(H,35,36). The molecule has 0 radical (unpaired) electrons. The van der Waals surface area contributed by atoms with Crippen molar-refractivity contribution in [3.8, 4) is 16.9 Å². The van der Waals surface area contributed by atoms with E-state index in [0.29, 0.717) is 28.8 Å². The number of carboxylic acids is 1. The van der Waals surface area contributed by atoms with E-state index < -0.39 is 18.2 Å². The first-order chi connectivity index (χ1) is 17.5. The summed E-state index contributed by atoms with van der Waals surface area (Å²) in [5, 5.41) is 9.49. The zero-order valence-electron chi connectivity index (χ0n) is 20.9. The highest BCUT2D eigenvalue weighted by molar-refractivity contribution is 6.37. The van der Waals surface area contributed by atoms with Crippen molar-refractivity contribution in [1.82, 2.24) is 0 Å². The fraction of sp³-hybridized carbons (Fsp3) is 0.286. The molecule has 3 aromatic rings. The molecule has 0 saturated carbocycles. The maximum absolute atomic E-state index is 12.7. The van der Waals surface area contributed by atoms with Crippen LogP contribution in [0, 0.1) is 6.92 Å². The van der Waals surface area contributed by atoms with Crippen LogP contribution in [-0.4, -0.2) is 44.0 Å². The Hall–Kier alpha value is -4.01. The third-order valence-corrected chi connectivity index (χ3v) is 5.85. The summed E-state index contributed by atoms with van der Waals surface area (Å²) in [4.78, 5) is 27.5. The van der Waals surface area contributed by atoms with Crippen LogP contribution in [0.4, 0.5) is 24.5 Å². The number of aryl methyl sites for hydroxylation is 2. The summed E-state index contributed by atoms with van der Waals surface area (Å²) < 4.78 is 41.7. The summed E-state index contributed by atoms with van der Waals surface area (Å²) in [6.45, 7) is 2.00. The van der Waals surface area contributed by atoms with Crippen LogP contribution in [0.5, 0.6) is 5.75 Å². The van der Waals surface area contributed by atoms with Gasteiger partial charge in [-0.2, -0.15) is 0 Å². The first kappa shape index (κ1) is 27.6. The second kappa shape index (κ2) is 11.8. The van der Waals surface area contributed by atoms with Gasteiger partial charge in [-0.05, 0) is 67.1 Å². The average Bonchev–Trinajstić information content (AvgIpc) is 2.84. The number of ether oxygens (including phenoxy) is 1. The van der Waals surface area contributed by atoms with Crippen molar-refractivity contribution < 1.29 is 32.6 Å². The Labute approximate surface area is 213 Å². The third-order valence-electron chi connectivity index (χ3n) is 5.85. The highest BCUT2D eigenvalue weighted by Crippen LogP contribution is 2.37. The molecule has 196 valence electrons. The van der Waals surface area contributed by atoms with Crippen molar-refractivity contribution in [1.29, 1.82) is 0 Å². The normalized spacial score (nSPS) is 11.2. The lowest BCUT2D eigenvalue weighted by Crippen LogP contribution is -2.38. The molecule has 0 aliphatic carbocycles. The van der Waals surface area contributed by atoms with Crippen LogP contribution < -0.4 is 14.5 Å². The number of amides is 1. The SMILES string of the molecule is Cc1cc(N(C)C)c(-c2ccc(OC(F)(F)F)cc2)cc1N(CCCCc1ccccc1)C(=O)C(=O)O. The van der Waals surface area contributed by atoms with Crippen LogP contribution in [0.15, 0.2) is 66.7 Å². The molecule has 9 heteroatoms. The number of carboxylic acid groups (broad SMARTS) is 1. The molecule has 0 unspecified atom stereocenters. The fourth-order valence-corrected chi connectivity index (χ4v) is 4.10. The third kappa shape index (κ3) is 7.49. The van der Waals surface area contributed by atoms with E-state index >= 15 is 0 Å². The topological polar surface area (TPSA) is 70.1 Å². The Morgan fingerprint density at radius 1 is 0.919 bits per heavy atom. The van der Waals surface area contributed by atoms with Gasteiger partial charge in [-0.1, -0.05) is 42.5 Å². The van der Waals surface area contributed by atoms with Crippen molar-refractivity contribution in [2.75, 3.05) is 30.4 Å². The van der Waals surface area contributed by atoms with Crippen molar-refractivity contribution >= 4 is 23.3 Å². The number of alkyl halides is 3. The summed E-state index contributed by atoms with van der Waals surface area (Å²) in [7, 11) is 3.64. The van der Waals surface area contributed by atoms with Crippen LogP contribution in [-0.2, 0) is 16.0 Å². The molecule has 6 nitrogen and oxygen atoms in total. The number of hydrogen-bond donors (Lipinski definition) is 1. The van der Waals surface area contributed by atoms with Gasteiger partial charge >= 0.3 is 18.2 Å². The molecule has 3 aromatic carbocycles. The predicted octanol–water partition coefficient (Wildman–Crippen LogP) is 6.07. The van der Waals surface area contributed by atoms with E-state index in [4.69, 9.17) is 0 Å². The van der Waals surface area contributed by atoms with Crippen LogP contribution in [0.2, 0.25) is 0 Å². The second-order valence-corrected chi connectivity index (χ2v) is 8.83. The quantitative estimate of drug-likeness (QED) is 0.277. The molecule has 0 spiro atoms. The summed E-state index contributed by atoms with van der Waals surface area (Å²) in [6, 6.07) is 18.8. The number of rotatable bonds is 9. The van der Waals surface area contributed by atoms with E-state index in [0.717, 1.165) is 24.1 Å². The molecule has 0 heterocycles. The fourth-order valence-electron chi connectivity index (χ4n) is 4.10. The Balaban J connectivity index is 1.93. The number of benzene rings is 3. The van der Waals surface area contributed by atoms with E-state index in [1.165, 1.54) is 29.2 Å². The molecule has 1 amide bonds. The lowest BCUT2D eigenvalue weighted by Gasteiger charge is -2.27. The van der Waals surface area contributed by atoms with Crippen LogP contribution in [0.1, 0.15) is 24.0 Å². The number of carbonyl (C=O) groups is 2. The van der Waals surface area contributed by atoms with Gasteiger partial charge in [-0.25, -0.2) is 4.79 Å². The smallest absolute Gasteiger partial charge is 0.474 e. The number of unbranched alkanes of at least 4 members (excludes halogenated alkanes) is 1. The van der Waals surface area contributed by atoms with Crippen molar-refractivity contribution in [2.24, 2.45) is 0 Å². The molecule has 1 N–H and O–H groups in total. The lowest BCUT2D eigenvalue weighted by molar-refractivity contribution is -0.274. The molecular weight excluding hydrogens is 485 g/mol. The number of aliphatic carboxylic acids is 1. The number of nitrogens with zero attached hydrogens (tertiary/aromatic N) is 2. The highest BCUT2D eigenvalue weighted by atomic mass is 19.4. The molecular formula is C28H29F3N2O4. The minimum atomic E-state index is -4.80. The largest absolute Gasteiger partial charge is 0.573 e. The molecule has 0 fully saturated rings. The molecule has 0 saturated heterocycles. The van der Waals surface area contributed by atoms with Crippen LogP contribution in [0.3, 0.4) is 0 Å². The molecule has 0 aliphatic heterocycles. The minimum Gasteiger partial charge on any atom is -0.474 e. The van der Waals surface area contributed by atoms with Gasteiger partial charge < -0.3 is 19.6 Å². The Bertz CT molecular complexity index is 1230. The van der Waals surface area contributed by atoms with Crippen LogP contribution >= 0.6 is 0 Å². The van der Waals surface area contributed by atoms with Gasteiger partial charge in [0.25, 0.3) is 0 Å². The lowest BCUT2D eigenvalue weighted by atomic mass is 9.98. The van der Waals surface area contributed by atoms with Gasteiger partial charge in [-0.15, -0.1) is 13.2 Å². The summed E-state index contributed by atoms with van der Waals surface area (Å²) in [5.41, 5.74) is 4.27. The first-order valence-corrected chi connectivity index (χ1v) is 11.7. The van der Waals surface area contributed by atoms with E-state index in [1.54, 1.807) is 13.0 Å².